The summed E-state index contributed by atoms with van der Waals surface area (Å²) in [5, 5.41) is 20.7. The SMILES string of the molecule is CC(=NNC(=O)c1nnn(-c2nonc2N)c1CN1CCCc2ccccc21)c1ccc(Cl)c(Cl)c1. The smallest absolute Gasteiger partial charge is 0.293 e. The highest BCUT2D eigenvalue weighted by molar-refractivity contribution is 6.42. The third-order valence-electron chi connectivity index (χ3n) is 5.88. The number of nitrogens with zero attached hydrogens (tertiary/aromatic N) is 7. The molecule has 0 atom stereocenters. The van der Waals surface area contributed by atoms with Crippen molar-refractivity contribution in [2.75, 3.05) is 17.2 Å². The fourth-order valence-electron chi connectivity index (χ4n) is 4.06. The Morgan fingerprint density at radius 2 is 2.03 bits per heavy atom. The van der Waals surface area contributed by atoms with E-state index >= 15 is 0 Å². The van der Waals surface area contributed by atoms with E-state index in [1.807, 2.05) is 12.1 Å². The average molecular weight is 526 g/mol. The lowest BCUT2D eigenvalue weighted by Crippen LogP contribution is -2.31. The largest absolute Gasteiger partial charge is 0.378 e. The molecule has 1 aliphatic heterocycles. The van der Waals surface area contributed by atoms with Crippen molar-refractivity contribution in [3.05, 3.63) is 75.0 Å². The minimum atomic E-state index is -0.545. The van der Waals surface area contributed by atoms with Crippen molar-refractivity contribution in [1.82, 2.24) is 30.7 Å². The average Bonchev–Trinajstić information content (AvgIpc) is 3.49. The zero-order valence-corrected chi connectivity index (χ0v) is 20.7. The van der Waals surface area contributed by atoms with Gasteiger partial charge in [0.1, 0.15) is 0 Å². The molecule has 11 nitrogen and oxygen atoms in total. The molecule has 13 heteroatoms. The van der Waals surface area contributed by atoms with Crippen molar-refractivity contribution < 1.29 is 9.42 Å². The molecule has 0 radical (unpaired) electrons. The third-order valence-corrected chi connectivity index (χ3v) is 6.62. The number of benzene rings is 2. The van der Waals surface area contributed by atoms with Crippen LogP contribution in [0.2, 0.25) is 10.0 Å². The van der Waals surface area contributed by atoms with E-state index in [-0.39, 0.29) is 17.3 Å². The lowest BCUT2D eigenvalue weighted by molar-refractivity contribution is 0.0948. The molecule has 3 heterocycles. The van der Waals surface area contributed by atoms with E-state index in [1.54, 1.807) is 25.1 Å². The molecule has 5 rings (SSSR count). The van der Waals surface area contributed by atoms with Crippen LogP contribution in [0, 0.1) is 0 Å². The van der Waals surface area contributed by atoms with Crippen LogP contribution in [0.4, 0.5) is 11.5 Å². The molecule has 2 aromatic carbocycles. The number of nitrogens with one attached hydrogen (secondary N) is 1. The molecule has 0 unspecified atom stereocenters. The summed E-state index contributed by atoms with van der Waals surface area (Å²) in [6.07, 6.45) is 1.96. The van der Waals surface area contributed by atoms with Crippen LogP contribution in [-0.2, 0) is 13.0 Å². The number of hydrazone groups is 1. The fraction of sp³-hybridized carbons (Fsp3) is 0.217. The standard InChI is InChI=1S/C23H21Cl2N9O2/c1-13(15-8-9-16(24)17(25)11-15)27-29-23(35)20-19(34(32-28-20)22-21(26)30-36-31-22)12-33-10-4-6-14-5-2-3-7-18(14)33/h2-3,5,7-9,11H,4,6,10,12H2,1H3,(H2,26,30)(H,29,35). The molecule has 0 spiro atoms. The lowest BCUT2D eigenvalue weighted by Gasteiger charge is -2.31. The zero-order chi connectivity index (χ0) is 25.2. The number of amides is 1. The molecular formula is C23H21Cl2N9O2. The van der Waals surface area contributed by atoms with Gasteiger partial charge in [-0.1, -0.05) is 52.7 Å². The predicted octanol–water partition coefficient (Wildman–Crippen LogP) is 3.65. The molecule has 0 aliphatic carbocycles. The first-order chi connectivity index (χ1) is 17.4. The minimum absolute atomic E-state index is 0.0284. The summed E-state index contributed by atoms with van der Waals surface area (Å²) in [6, 6.07) is 13.3. The van der Waals surface area contributed by atoms with Crippen LogP contribution in [0.25, 0.3) is 5.82 Å². The molecule has 2 aromatic heterocycles. The number of aryl methyl sites for hydroxylation is 1. The summed E-state index contributed by atoms with van der Waals surface area (Å²) in [7, 11) is 0. The van der Waals surface area contributed by atoms with Crippen LogP contribution in [-0.4, -0.2) is 43.5 Å². The van der Waals surface area contributed by atoms with Gasteiger partial charge >= 0.3 is 0 Å². The molecule has 0 bridgehead atoms. The Morgan fingerprint density at radius 1 is 1.19 bits per heavy atom. The van der Waals surface area contributed by atoms with Crippen molar-refractivity contribution in [3.8, 4) is 5.82 Å². The number of halogens is 2. The second kappa shape index (κ2) is 9.96. The minimum Gasteiger partial charge on any atom is -0.378 e. The van der Waals surface area contributed by atoms with Crippen LogP contribution in [0.5, 0.6) is 0 Å². The molecular weight excluding hydrogens is 505 g/mol. The van der Waals surface area contributed by atoms with E-state index in [1.165, 1.54) is 10.2 Å². The van der Waals surface area contributed by atoms with Crippen molar-refractivity contribution in [2.24, 2.45) is 5.10 Å². The molecule has 0 saturated carbocycles. The van der Waals surface area contributed by atoms with Gasteiger partial charge in [0.25, 0.3) is 5.91 Å². The summed E-state index contributed by atoms with van der Waals surface area (Å²) in [6.45, 7) is 2.86. The van der Waals surface area contributed by atoms with E-state index < -0.39 is 5.91 Å². The number of anilines is 2. The lowest BCUT2D eigenvalue weighted by atomic mass is 10.0. The van der Waals surface area contributed by atoms with Gasteiger partial charge in [0.15, 0.2) is 5.69 Å². The number of carbonyl (C=O) groups is 1. The maximum atomic E-state index is 13.2. The Labute approximate surface area is 215 Å². The molecule has 3 N–H and O–H groups in total. The summed E-state index contributed by atoms with van der Waals surface area (Å²) in [5.41, 5.74) is 12.6. The van der Waals surface area contributed by atoms with Gasteiger partial charge < -0.3 is 10.6 Å². The predicted molar refractivity (Wildman–Crippen MR) is 136 cm³/mol. The van der Waals surface area contributed by atoms with Gasteiger partial charge in [-0.05, 0) is 59.4 Å². The van der Waals surface area contributed by atoms with E-state index in [0.29, 0.717) is 33.6 Å². The quantitative estimate of drug-likeness (QED) is 0.287. The van der Waals surface area contributed by atoms with E-state index in [4.69, 9.17) is 33.6 Å². The number of hydrogen-bond donors (Lipinski definition) is 2. The topological polar surface area (TPSA) is 140 Å². The Hall–Kier alpha value is -3.96. The normalized spacial score (nSPS) is 13.5. The van der Waals surface area contributed by atoms with E-state index in [2.05, 4.69) is 48.2 Å². The number of aromatic nitrogens is 5. The second-order valence-corrected chi connectivity index (χ2v) is 9.00. The van der Waals surface area contributed by atoms with Crippen LogP contribution in [0.3, 0.4) is 0 Å². The number of nitrogen functional groups attached to an aromatic ring is 1. The number of hydrogen-bond acceptors (Lipinski definition) is 9. The van der Waals surface area contributed by atoms with E-state index in [9.17, 15) is 4.79 Å². The maximum Gasteiger partial charge on any atom is 0.293 e. The van der Waals surface area contributed by atoms with Crippen molar-refractivity contribution >= 4 is 46.3 Å². The van der Waals surface area contributed by atoms with Gasteiger partial charge in [0.2, 0.25) is 11.6 Å². The molecule has 184 valence electrons. The van der Waals surface area contributed by atoms with Crippen molar-refractivity contribution in [2.45, 2.75) is 26.3 Å². The van der Waals surface area contributed by atoms with Crippen molar-refractivity contribution in [1.29, 1.82) is 0 Å². The number of nitrogens with two attached hydrogens (primary N) is 1. The molecule has 0 saturated heterocycles. The summed E-state index contributed by atoms with van der Waals surface area (Å²) < 4.78 is 6.12. The van der Waals surface area contributed by atoms with Gasteiger partial charge in [-0.25, -0.2) is 10.1 Å². The summed E-state index contributed by atoms with van der Waals surface area (Å²) in [4.78, 5) is 15.4. The van der Waals surface area contributed by atoms with E-state index in [0.717, 1.165) is 25.1 Å². The Balaban J connectivity index is 1.47. The highest BCUT2D eigenvalue weighted by atomic mass is 35.5. The second-order valence-electron chi connectivity index (χ2n) is 8.19. The number of rotatable bonds is 6. The first-order valence-corrected chi connectivity index (χ1v) is 11.8. The summed E-state index contributed by atoms with van der Waals surface area (Å²) >= 11 is 12.1. The van der Waals surface area contributed by atoms with Gasteiger partial charge in [0, 0.05) is 12.2 Å². The molecule has 1 aliphatic rings. The van der Waals surface area contributed by atoms with Crippen LogP contribution >= 0.6 is 23.2 Å². The molecule has 0 fully saturated rings. The number of carbonyl (C=O) groups excluding carboxylic acids is 1. The van der Waals surface area contributed by atoms with Gasteiger partial charge in [-0.2, -0.15) is 9.78 Å². The molecule has 4 aromatic rings. The monoisotopic (exact) mass is 525 g/mol. The Bertz CT molecular complexity index is 1460. The van der Waals surface area contributed by atoms with Crippen LogP contribution in [0.1, 0.15) is 40.7 Å². The molecule has 36 heavy (non-hydrogen) atoms. The zero-order valence-electron chi connectivity index (χ0n) is 19.2. The first kappa shape index (κ1) is 23.8. The number of para-hydroxylation sites is 1. The highest BCUT2D eigenvalue weighted by Gasteiger charge is 2.27. The maximum absolute atomic E-state index is 13.2. The van der Waals surface area contributed by atoms with Gasteiger partial charge in [-0.3, -0.25) is 4.79 Å². The summed E-state index contributed by atoms with van der Waals surface area (Å²) in [5.74, 6) is -0.367. The third kappa shape index (κ3) is 4.62. The molecule has 1 amide bonds. The fourth-order valence-corrected chi connectivity index (χ4v) is 4.36. The number of fused-ring (bicyclic) bond motifs is 1. The van der Waals surface area contributed by atoms with Crippen LogP contribution < -0.4 is 16.1 Å². The Morgan fingerprint density at radius 3 is 2.81 bits per heavy atom. The van der Waals surface area contributed by atoms with Crippen LogP contribution in [0.15, 0.2) is 52.2 Å². The highest BCUT2D eigenvalue weighted by Crippen LogP contribution is 2.29. The van der Waals surface area contributed by atoms with Gasteiger partial charge in [-0.15, -0.1) is 5.10 Å². The Kier molecular flexibility index (Phi) is 6.57. The van der Waals surface area contributed by atoms with Gasteiger partial charge in [0.05, 0.1) is 28.0 Å². The van der Waals surface area contributed by atoms with Crippen molar-refractivity contribution in [3.63, 3.8) is 0 Å². The first-order valence-electron chi connectivity index (χ1n) is 11.1.